The number of nitrogens with zero attached hydrogens (tertiary/aromatic N) is 1. The molecule has 0 radical (unpaired) electrons. The summed E-state index contributed by atoms with van der Waals surface area (Å²) in [6, 6.07) is 58.7. The molecule has 0 unspecified atom stereocenters. The van der Waals surface area contributed by atoms with Crippen molar-refractivity contribution in [2.75, 3.05) is 4.90 Å². The SMILES string of the molecule is c1ccc(-c2ccc(N(c3ccccc3)c3cccc4c3ccc3ccccc34)c(-c3ccccc3)c2)cc1. The lowest BCUT2D eigenvalue weighted by Crippen LogP contribution is -2.11. The van der Waals surface area contributed by atoms with E-state index < -0.39 is 0 Å². The van der Waals surface area contributed by atoms with Crippen LogP contribution in [-0.2, 0) is 0 Å². The molecule has 7 aromatic carbocycles. The molecular formula is C38H27N. The lowest BCUT2D eigenvalue weighted by atomic mass is 9.95. The Morgan fingerprint density at radius 2 is 0.974 bits per heavy atom. The van der Waals surface area contributed by atoms with Gasteiger partial charge in [-0.1, -0.05) is 133 Å². The number of hydrogen-bond donors (Lipinski definition) is 0. The molecule has 39 heavy (non-hydrogen) atoms. The molecule has 0 fully saturated rings. The van der Waals surface area contributed by atoms with Crippen LogP contribution in [0.2, 0.25) is 0 Å². The largest absolute Gasteiger partial charge is 0.309 e. The molecule has 0 bridgehead atoms. The van der Waals surface area contributed by atoms with E-state index in [1.807, 2.05) is 0 Å². The molecule has 0 aliphatic rings. The summed E-state index contributed by atoms with van der Waals surface area (Å²) in [5.41, 5.74) is 8.24. The van der Waals surface area contributed by atoms with E-state index in [0.717, 1.165) is 17.1 Å². The predicted molar refractivity (Wildman–Crippen MR) is 167 cm³/mol. The average molecular weight is 498 g/mol. The van der Waals surface area contributed by atoms with Gasteiger partial charge in [0.2, 0.25) is 0 Å². The molecule has 0 aromatic heterocycles. The minimum Gasteiger partial charge on any atom is -0.309 e. The zero-order valence-electron chi connectivity index (χ0n) is 21.5. The van der Waals surface area contributed by atoms with Gasteiger partial charge in [0.1, 0.15) is 0 Å². The first-order chi connectivity index (χ1) is 19.4. The van der Waals surface area contributed by atoms with Crippen molar-refractivity contribution in [3.8, 4) is 22.3 Å². The molecule has 7 rings (SSSR count). The minimum absolute atomic E-state index is 1.13. The molecule has 1 heteroatoms. The van der Waals surface area contributed by atoms with E-state index in [0.29, 0.717) is 0 Å². The molecule has 0 amide bonds. The maximum absolute atomic E-state index is 2.41. The molecule has 0 N–H and O–H groups in total. The molecule has 0 aliphatic carbocycles. The second-order valence-electron chi connectivity index (χ2n) is 9.79. The molecule has 0 heterocycles. The standard InChI is InChI=1S/C38H27N/c1-4-13-28(14-5-1)31-24-26-38(36(27-31)29-15-6-2-7-16-29)39(32-18-8-3-9-19-32)37-22-12-21-34-33-20-11-10-17-30(33)23-25-35(34)37/h1-27H. The predicted octanol–water partition coefficient (Wildman–Crippen LogP) is 10.8. The van der Waals surface area contributed by atoms with E-state index in [-0.39, 0.29) is 0 Å². The first-order valence-electron chi connectivity index (χ1n) is 13.4. The molecule has 0 spiro atoms. The molecule has 0 saturated carbocycles. The van der Waals surface area contributed by atoms with Gasteiger partial charge in [-0.3, -0.25) is 0 Å². The monoisotopic (exact) mass is 497 g/mol. The van der Waals surface area contributed by atoms with Gasteiger partial charge in [-0.05, 0) is 63.2 Å². The zero-order valence-corrected chi connectivity index (χ0v) is 21.5. The molecule has 184 valence electrons. The fourth-order valence-electron chi connectivity index (χ4n) is 5.59. The summed E-state index contributed by atoms with van der Waals surface area (Å²) in [6.07, 6.45) is 0. The Morgan fingerprint density at radius 1 is 0.333 bits per heavy atom. The van der Waals surface area contributed by atoms with Crippen LogP contribution >= 0.6 is 0 Å². The van der Waals surface area contributed by atoms with Crippen molar-refractivity contribution < 1.29 is 0 Å². The van der Waals surface area contributed by atoms with Crippen LogP contribution in [0.1, 0.15) is 0 Å². The fourth-order valence-corrected chi connectivity index (χ4v) is 5.59. The van der Waals surface area contributed by atoms with E-state index in [1.54, 1.807) is 0 Å². The van der Waals surface area contributed by atoms with Gasteiger partial charge >= 0.3 is 0 Å². The molecular weight excluding hydrogens is 470 g/mol. The first-order valence-corrected chi connectivity index (χ1v) is 13.4. The van der Waals surface area contributed by atoms with Gasteiger partial charge in [-0.15, -0.1) is 0 Å². The summed E-state index contributed by atoms with van der Waals surface area (Å²) >= 11 is 0. The van der Waals surface area contributed by atoms with E-state index in [2.05, 4.69) is 169 Å². The van der Waals surface area contributed by atoms with Crippen molar-refractivity contribution in [2.24, 2.45) is 0 Å². The highest BCUT2D eigenvalue weighted by molar-refractivity contribution is 6.13. The maximum atomic E-state index is 2.41. The number of fused-ring (bicyclic) bond motifs is 3. The number of benzene rings is 7. The molecule has 1 nitrogen and oxygen atoms in total. The van der Waals surface area contributed by atoms with Gasteiger partial charge in [-0.2, -0.15) is 0 Å². The minimum atomic E-state index is 1.13. The third-order valence-electron chi connectivity index (χ3n) is 7.45. The van der Waals surface area contributed by atoms with Crippen LogP contribution in [0, 0.1) is 0 Å². The van der Waals surface area contributed by atoms with Crippen LogP contribution in [0.15, 0.2) is 164 Å². The third kappa shape index (κ3) is 4.24. The van der Waals surface area contributed by atoms with Crippen molar-refractivity contribution in [3.05, 3.63) is 164 Å². The number of hydrogen-bond acceptors (Lipinski definition) is 1. The highest BCUT2D eigenvalue weighted by atomic mass is 15.1. The summed E-state index contributed by atoms with van der Waals surface area (Å²) < 4.78 is 0. The van der Waals surface area contributed by atoms with Gasteiger partial charge in [0, 0.05) is 16.6 Å². The molecule has 0 saturated heterocycles. The van der Waals surface area contributed by atoms with Crippen molar-refractivity contribution in [1.82, 2.24) is 0 Å². The Bertz CT molecular complexity index is 1890. The first kappa shape index (κ1) is 23.0. The Morgan fingerprint density at radius 3 is 1.74 bits per heavy atom. The number of anilines is 3. The van der Waals surface area contributed by atoms with Gasteiger partial charge < -0.3 is 4.90 Å². The van der Waals surface area contributed by atoms with Crippen molar-refractivity contribution in [3.63, 3.8) is 0 Å². The number of rotatable bonds is 5. The van der Waals surface area contributed by atoms with E-state index in [9.17, 15) is 0 Å². The second kappa shape index (κ2) is 9.96. The topological polar surface area (TPSA) is 3.24 Å². The van der Waals surface area contributed by atoms with Crippen LogP contribution in [0.4, 0.5) is 17.1 Å². The highest BCUT2D eigenvalue weighted by Gasteiger charge is 2.20. The van der Waals surface area contributed by atoms with Crippen LogP contribution in [-0.4, -0.2) is 0 Å². The smallest absolute Gasteiger partial charge is 0.0540 e. The van der Waals surface area contributed by atoms with Gasteiger partial charge in [0.25, 0.3) is 0 Å². The lowest BCUT2D eigenvalue weighted by molar-refractivity contribution is 1.30. The number of para-hydroxylation sites is 1. The summed E-state index contributed by atoms with van der Waals surface area (Å²) in [5, 5.41) is 5.01. The Kier molecular flexibility index (Phi) is 5.88. The summed E-state index contributed by atoms with van der Waals surface area (Å²) in [7, 11) is 0. The van der Waals surface area contributed by atoms with E-state index in [4.69, 9.17) is 0 Å². The Labute approximate surface area is 229 Å². The average Bonchev–Trinajstić information content (AvgIpc) is 3.03. The summed E-state index contributed by atoms with van der Waals surface area (Å²) in [5.74, 6) is 0. The van der Waals surface area contributed by atoms with Crippen LogP contribution < -0.4 is 4.90 Å². The van der Waals surface area contributed by atoms with Crippen molar-refractivity contribution in [2.45, 2.75) is 0 Å². The lowest BCUT2D eigenvalue weighted by Gasteiger charge is -2.29. The summed E-state index contributed by atoms with van der Waals surface area (Å²) in [4.78, 5) is 2.41. The Balaban J connectivity index is 1.52. The maximum Gasteiger partial charge on any atom is 0.0540 e. The quantitative estimate of drug-likeness (QED) is 0.214. The van der Waals surface area contributed by atoms with Crippen LogP contribution in [0.25, 0.3) is 43.8 Å². The zero-order chi connectivity index (χ0) is 26.0. The third-order valence-corrected chi connectivity index (χ3v) is 7.45. The highest BCUT2D eigenvalue weighted by Crippen LogP contribution is 2.45. The van der Waals surface area contributed by atoms with E-state index in [1.165, 1.54) is 43.8 Å². The summed E-state index contributed by atoms with van der Waals surface area (Å²) in [6.45, 7) is 0. The van der Waals surface area contributed by atoms with Crippen molar-refractivity contribution >= 4 is 38.6 Å². The second-order valence-corrected chi connectivity index (χ2v) is 9.79. The van der Waals surface area contributed by atoms with Gasteiger partial charge in [0.05, 0.1) is 11.4 Å². The van der Waals surface area contributed by atoms with Crippen LogP contribution in [0.5, 0.6) is 0 Å². The molecule has 7 aromatic rings. The van der Waals surface area contributed by atoms with Crippen molar-refractivity contribution in [1.29, 1.82) is 0 Å². The Hall–Kier alpha value is -5.14. The molecule has 0 aliphatic heterocycles. The fraction of sp³-hybridized carbons (Fsp3) is 0. The molecule has 0 atom stereocenters. The van der Waals surface area contributed by atoms with E-state index >= 15 is 0 Å². The van der Waals surface area contributed by atoms with Crippen LogP contribution in [0.3, 0.4) is 0 Å². The van der Waals surface area contributed by atoms with Gasteiger partial charge in [-0.25, -0.2) is 0 Å². The van der Waals surface area contributed by atoms with Gasteiger partial charge in [0.15, 0.2) is 0 Å². The normalized spacial score (nSPS) is 11.1.